The van der Waals surface area contributed by atoms with Crippen molar-refractivity contribution in [1.82, 2.24) is 4.90 Å². The highest BCUT2D eigenvalue weighted by Crippen LogP contribution is 2.48. The number of amides is 2. The summed E-state index contributed by atoms with van der Waals surface area (Å²) in [4.78, 5) is 25.7. The fraction of sp³-hybridized carbons (Fsp3) is 0.833. The van der Waals surface area contributed by atoms with Crippen LogP contribution in [-0.2, 0) is 19.1 Å². The standard InChI is InChI=1S/C12H17NO5/c1-17-6(5-14)4-13-11(15)9-7-2-3-8(18-7)10(9)12(13)16/h6-10,14H,2-5H2,1H3/t6?,7-,8+,9+,10-. The molecule has 0 aromatic heterocycles. The molecule has 2 amide bonds. The molecule has 3 aliphatic heterocycles. The molecular weight excluding hydrogens is 238 g/mol. The van der Waals surface area contributed by atoms with E-state index in [0.29, 0.717) is 0 Å². The molecule has 0 radical (unpaired) electrons. The summed E-state index contributed by atoms with van der Waals surface area (Å²) in [6.45, 7) is -0.0661. The average Bonchev–Trinajstić information content (AvgIpc) is 3.03. The first kappa shape index (κ1) is 12.1. The van der Waals surface area contributed by atoms with Crippen LogP contribution in [0.5, 0.6) is 0 Å². The van der Waals surface area contributed by atoms with Crippen molar-refractivity contribution in [2.24, 2.45) is 11.8 Å². The minimum absolute atomic E-state index is 0.0865. The van der Waals surface area contributed by atoms with Crippen LogP contribution in [0.25, 0.3) is 0 Å². The van der Waals surface area contributed by atoms with Crippen LogP contribution in [0.1, 0.15) is 12.8 Å². The molecule has 1 N–H and O–H groups in total. The maximum absolute atomic E-state index is 12.2. The van der Waals surface area contributed by atoms with Gasteiger partial charge in [-0.1, -0.05) is 0 Å². The van der Waals surface area contributed by atoms with Gasteiger partial charge in [0.25, 0.3) is 0 Å². The van der Waals surface area contributed by atoms with Crippen LogP contribution in [0.3, 0.4) is 0 Å². The highest BCUT2D eigenvalue weighted by Gasteiger charge is 2.62. The number of aliphatic hydroxyl groups excluding tert-OH is 1. The minimum atomic E-state index is -0.504. The van der Waals surface area contributed by atoms with E-state index in [4.69, 9.17) is 14.6 Å². The van der Waals surface area contributed by atoms with Gasteiger partial charge in [0.15, 0.2) is 0 Å². The smallest absolute Gasteiger partial charge is 0.235 e. The van der Waals surface area contributed by atoms with Gasteiger partial charge < -0.3 is 14.6 Å². The third-order valence-electron chi connectivity index (χ3n) is 4.30. The number of nitrogens with zero attached hydrogens (tertiary/aromatic N) is 1. The van der Waals surface area contributed by atoms with Crippen LogP contribution in [0, 0.1) is 11.8 Å². The Morgan fingerprint density at radius 3 is 2.33 bits per heavy atom. The first-order chi connectivity index (χ1) is 8.67. The summed E-state index contributed by atoms with van der Waals surface area (Å²) in [6, 6.07) is 0. The lowest BCUT2D eigenvalue weighted by atomic mass is 9.81. The summed E-state index contributed by atoms with van der Waals surface area (Å²) < 4.78 is 10.7. The second-order valence-corrected chi connectivity index (χ2v) is 5.17. The minimum Gasteiger partial charge on any atom is -0.394 e. The second-order valence-electron chi connectivity index (χ2n) is 5.17. The zero-order chi connectivity index (χ0) is 12.9. The lowest BCUT2D eigenvalue weighted by Crippen LogP contribution is -2.41. The third kappa shape index (κ3) is 1.52. The number of methoxy groups -OCH3 is 1. The predicted molar refractivity (Wildman–Crippen MR) is 59.5 cm³/mol. The lowest BCUT2D eigenvalue weighted by Gasteiger charge is -2.21. The summed E-state index contributed by atoms with van der Waals surface area (Å²) in [5.74, 6) is -0.916. The zero-order valence-electron chi connectivity index (χ0n) is 10.2. The normalized spacial score (nSPS) is 39.6. The summed E-state index contributed by atoms with van der Waals surface area (Å²) in [7, 11) is 1.46. The van der Waals surface area contributed by atoms with Crippen molar-refractivity contribution in [2.75, 3.05) is 20.3 Å². The average molecular weight is 255 g/mol. The summed E-state index contributed by atoms with van der Waals surface area (Å²) in [5, 5.41) is 9.08. The second kappa shape index (κ2) is 4.29. The van der Waals surface area contributed by atoms with Gasteiger partial charge in [0.1, 0.15) is 0 Å². The molecule has 0 spiro atoms. The SMILES string of the molecule is COC(CO)CN1C(=O)[C@@H]2[C@H](C1=O)[C@@H]1CC[C@H]2O1. The Morgan fingerprint density at radius 1 is 1.33 bits per heavy atom. The van der Waals surface area contributed by atoms with Gasteiger partial charge in [0.2, 0.25) is 11.8 Å². The number of rotatable bonds is 4. The van der Waals surface area contributed by atoms with Gasteiger partial charge in [-0.2, -0.15) is 0 Å². The number of hydrogen-bond donors (Lipinski definition) is 1. The topological polar surface area (TPSA) is 76.1 Å². The van der Waals surface area contributed by atoms with Gasteiger partial charge in [-0.05, 0) is 12.8 Å². The van der Waals surface area contributed by atoms with E-state index in [1.165, 1.54) is 12.0 Å². The zero-order valence-corrected chi connectivity index (χ0v) is 10.2. The number of hydrogen-bond acceptors (Lipinski definition) is 5. The molecule has 0 saturated carbocycles. The van der Waals surface area contributed by atoms with Crippen LogP contribution in [0.2, 0.25) is 0 Å². The monoisotopic (exact) mass is 255 g/mol. The summed E-state index contributed by atoms with van der Waals surface area (Å²) in [5.41, 5.74) is 0. The Labute approximate surface area is 105 Å². The van der Waals surface area contributed by atoms with Gasteiger partial charge in [-0.15, -0.1) is 0 Å². The van der Waals surface area contributed by atoms with E-state index in [-0.39, 0.29) is 49.0 Å². The van der Waals surface area contributed by atoms with Crippen molar-refractivity contribution in [2.45, 2.75) is 31.2 Å². The van der Waals surface area contributed by atoms with Crippen molar-refractivity contribution < 1.29 is 24.2 Å². The molecule has 3 saturated heterocycles. The Hall–Kier alpha value is -0.980. The van der Waals surface area contributed by atoms with E-state index in [9.17, 15) is 9.59 Å². The van der Waals surface area contributed by atoms with Crippen LogP contribution < -0.4 is 0 Å². The molecule has 3 rings (SSSR count). The maximum atomic E-state index is 12.2. The van der Waals surface area contributed by atoms with Crippen LogP contribution in [0.4, 0.5) is 0 Å². The van der Waals surface area contributed by atoms with E-state index in [0.717, 1.165) is 12.8 Å². The molecule has 3 heterocycles. The molecule has 3 fully saturated rings. The highest BCUT2D eigenvalue weighted by atomic mass is 16.5. The van der Waals surface area contributed by atoms with Gasteiger partial charge in [-0.25, -0.2) is 0 Å². The first-order valence-corrected chi connectivity index (χ1v) is 6.31. The maximum Gasteiger partial charge on any atom is 0.235 e. The van der Waals surface area contributed by atoms with Crippen molar-refractivity contribution >= 4 is 11.8 Å². The molecule has 0 aliphatic carbocycles. The Morgan fingerprint density at radius 2 is 1.89 bits per heavy atom. The number of aliphatic hydroxyl groups is 1. The Balaban J connectivity index is 1.78. The molecule has 3 aliphatic rings. The van der Waals surface area contributed by atoms with Crippen molar-refractivity contribution in [3.8, 4) is 0 Å². The molecule has 18 heavy (non-hydrogen) atoms. The molecule has 1 unspecified atom stereocenters. The van der Waals surface area contributed by atoms with Gasteiger partial charge >= 0.3 is 0 Å². The quantitative estimate of drug-likeness (QED) is 0.663. The third-order valence-corrected chi connectivity index (χ3v) is 4.30. The summed E-state index contributed by atoms with van der Waals surface area (Å²) >= 11 is 0. The fourth-order valence-electron chi connectivity index (χ4n) is 3.36. The molecule has 6 nitrogen and oxygen atoms in total. The fourth-order valence-corrected chi connectivity index (χ4v) is 3.36. The Bertz CT molecular complexity index is 353. The largest absolute Gasteiger partial charge is 0.394 e. The molecule has 0 aromatic rings. The number of likely N-dealkylation sites (tertiary alicyclic amines) is 1. The highest BCUT2D eigenvalue weighted by molar-refractivity contribution is 6.06. The van der Waals surface area contributed by atoms with Crippen LogP contribution in [0.15, 0.2) is 0 Å². The number of carbonyl (C=O) groups is 2. The van der Waals surface area contributed by atoms with Crippen molar-refractivity contribution in [1.29, 1.82) is 0 Å². The number of ether oxygens (including phenoxy) is 2. The van der Waals surface area contributed by atoms with E-state index >= 15 is 0 Å². The number of imide groups is 1. The molecule has 5 atom stereocenters. The molecule has 2 bridgehead atoms. The van der Waals surface area contributed by atoms with Gasteiger partial charge in [0, 0.05) is 7.11 Å². The lowest BCUT2D eigenvalue weighted by molar-refractivity contribution is -0.145. The predicted octanol–water partition coefficient (Wildman–Crippen LogP) is -0.844. The molecule has 100 valence electrons. The van der Waals surface area contributed by atoms with Gasteiger partial charge in [-0.3, -0.25) is 14.5 Å². The van der Waals surface area contributed by atoms with Crippen molar-refractivity contribution in [3.05, 3.63) is 0 Å². The van der Waals surface area contributed by atoms with Crippen molar-refractivity contribution in [3.63, 3.8) is 0 Å². The number of carbonyl (C=O) groups excluding carboxylic acids is 2. The molecule has 6 heteroatoms. The van der Waals surface area contributed by atoms with E-state index < -0.39 is 6.10 Å². The van der Waals surface area contributed by atoms with Gasteiger partial charge in [0.05, 0.1) is 43.3 Å². The van der Waals surface area contributed by atoms with Crippen LogP contribution >= 0.6 is 0 Å². The Kier molecular flexibility index (Phi) is 2.88. The van der Waals surface area contributed by atoms with Crippen LogP contribution in [-0.4, -0.2) is 60.4 Å². The molecule has 0 aromatic carbocycles. The van der Waals surface area contributed by atoms with E-state index in [1.807, 2.05) is 0 Å². The molecular formula is C12H17NO5. The number of fused-ring (bicyclic) bond motifs is 5. The van der Waals surface area contributed by atoms with E-state index in [2.05, 4.69) is 0 Å². The first-order valence-electron chi connectivity index (χ1n) is 6.31. The summed E-state index contributed by atoms with van der Waals surface area (Å²) in [6.07, 6.45) is 1.06. The van der Waals surface area contributed by atoms with E-state index in [1.54, 1.807) is 0 Å².